The highest BCUT2D eigenvalue weighted by Gasteiger charge is 2.30. The first-order valence-corrected chi connectivity index (χ1v) is 7.73. The molecular formula is C17H24N2O5. The zero-order valence-electron chi connectivity index (χ0n) is 14.2. The molecule has 0 heterocycles. The largest absolute Gasteiger partial charge is 0.466 e. The van der Waals surface area contributed by atoms with Crippen LogP contribution in [0.25, 0.3) is 0 Å². The van der Waals surface area contributed by atoms with Gasteiger partial charge in [-0.3, -0.25) is 14.4 Å². The fourth-order valence-corrected chi connectivity index (χ4v) is 2.35. The fraction of sp³-hybridized carbons (Fsp3) is 0.471. The molecule has 0 spiro atoms. The number of rotatable bonds is 9. The lowest BCUT2D eigenvalue weighted by atomic mass is 9.97. The zero-order chi connectivity index (χ0) is 18.1. The van der Waals surface area contributed by atoms with Crippen LogP contribution in [0.4, 0.5) is 0 Å². The number of esters is 1. The minimum absolute atomic E-state index is 0.0231. The molecule has 3 atom stereocenters. The predicted octanol–water partition coefficient (Wildman–Crippen LogP) is 0.933. The van der Waals surface area contributed by atoms with E-state index in [4.69, 9.17) is 15.2 Å². The predicted molar refractivity (Wildman–Crippen MR) is 87.7 cm³/mol. The van der Waals surface area contributed by atoms with E-state index >= 15 is 0 Å². The van der Waals surface area contributed by atoms with Crippen LogP contribution in [0.15, 0.2) is 30.3 Å². The number of carbonyl (C=O) groups excluding carboxylic acids is 3. The number of hydrogen-bond acceptors (Lipinski definition) is 5. The van der Waals surface area contributed by atoms with Gasteiger partial charge in [0.15, 0.2) is 6.10 Å². The second kappa shape index (κ2) is 9.67. The van der Waals surface area contributed by atoms with E-state index in [2.05, 4.69) is 5.32 Å². The number of ether oxygens (including phenoxy) is 2. The van der Waals surface area contributed by atoms with Gasteiger partial charge in [-0.05, 0) is 18.4 Å². The van der Waals surface area contributed by atoms with Crippen LogP contribution in [0.1, 0.15) is 31.9 Å². The van der Waals surface area contributed by atoms with Crippen molar-refractivity contribution in [3.8, 4) is 0 Å². The van der Waals surface area contributed by atoms with Crippen LogP contribution >= 0.6 is 0 Å². The number of benzene rings is 1. The van der Waals surface area contributed by atoms with Crippen LogP contribution in [0.2, 0.25) is 0 Å². The summed E-state index contributed by atoms with van der Waals surface area (Å²) in [4.78, 5) is 35.7. The normalized spacial score (nSPS) is 14.3. The molecule has 2 amide bonds. The fourth-order valence-electron chi connectivity index (χ4n) is 2.35. The van der Waals surface area contributed by atoms with E-state index < -0.39 is 35.8 Å². The van der Waals surface area contributed by atoms with E-state index in [0.29, 0.717) is 5.56 Å². The van der Waals surface area contributed by atoms with E-state index in [1.54, 1.807) is 38.1 Å². The van der Waals surface area contributed by atoms with Crippen LogP contribution in [0.3, 0.4) is 0 Å². The molecule has 7 heteroatoms. The molecule has 0 fully saturated rings. The Morgan fingerprint density at radius 3 is 2.33 bits per heavy atom. The minimum Gasteiger partial charge on any atom is -0.466 e. The zero-order valence-corrected chi connectivity index (χ0v) is 14.2. The summed E-state index contributed by atoms with van der Waals surface area (Å²) in [5, 5.41) is 2.57. The smallest absolute Gasteiger partial charge is 0.306 e. The lowest BCUT2D eigenvalue weighted by Gasteiger charge is -2.24. The summed E-state index contributed by atoms with van der Waals surface area (Å²) in [7, 11) is 1.40. The van der Waals surface area contributed by atoms with Gasteiger partial charge in [0.2, 0.25) is 5.91 Å². The molecule has 0 aliphatic rings. The SMILES string of the molecule is CCOC(=O)C[C@@H](C)[C@@H](NC(=O)[C@@H](OC)c1ccccc1)C(N)=O. The summed E-state index contributed by atoms with van der Waals surface area (Å²) in [5.41, 5.74) is 6.02. The Morgan fingerprint density at radius 2 is 1.83 bits per heavy atom. The summed E-state index contributed by atoms with van der Waals surface area (Å²) >= 11 is 0. The quantitative estimate of drug-likeness (QED) is 0.652. The molecule has 1 aromatic carbocycles. The number of primary amides is 1. The van der Waals surface area contributed by atoms with Gasteiger partial charge in [-0.15, -0.1) is 0 Å². The summed E-state index contributed by atoms with van der Waals surface area (Å²) in [6.07, 6.45) is -0.895. The molecule has 24 heavy (non-hydrogen) atoms. The highest BCUT2D eigenvalue weighted by Crippen LogP contribution is 2.18. The van der Waals surface area contributed by atoms with Gasteiger partial charge < -0.3 is 20.5 Å². The topological polar surface area (TPSA) is 108 Å². The number of nitrogens with two attached hydrogens (primary N) is 1. The third-order valence-corrected chi connectivity index (χ3v) is 3.54. The molecule has 1 aromatic rings. The minimum atomic E-state index is -0.997. The van der Waals surface area contributed by atoms with Gasteiger partial charge >= 0.3 is 5.97 Å². The Bertz CT molecular complexity index is 561. The Morgan fingerprint density at radius 1 is 1.21 bits per heavy atom. The molecule has 7 nitrogen and oxygen atoms in total. The summed E-state index contributed by atoms with van der Waals surface area (Å²) in [5.74, 6) is -2.16. The molecule has 132 valence electrons. The lowest BCUT2D eigenvalue weighted by molar-refractivity contribution is -0.145. The van der Waals surface area contributed by atoms with Gasteiger partial charge in [0.05, 0.1) is 13.0 Å². The number of carbonyl (C=O) groups is 3. The highest BCUT2D eigenvalue weighted by atomic mass is 16.5. The van der Waals surface area contributed by atoms with E-state index in [0.717, 1.165) is 0 Å². The van der Waals surface area contributed by atoms with Crippen molar-refractivity contribution < 1.29 is 23.9 Å². The molecule has 0 bridgehead atoms. The number of nitrogens with one attached hydrogen (secondary N) is 1. The van der Waals surface area contributed by atoms with Crippen molar-refractivity contribution in [2.24, 2.45) is 11.7 Å². The second-order valence-corrected chi connectivity index (χ2v) is 5.40. The van der Waals surface area contributed by atoms with Crippen molar-refractivity contribution in [2.75, 3.05) is 13.7 Å². The van der Waals surface area contributed by atoms with E-state index in [9.17, 15) is 14.4 Å². The van der Waals surface area contributed by atoms with E-state index in [1.165, 1.54) is 7.11 Å². The Balaban J connectivity index is 2.81. The maximum Gasteiger partial charge on any atom is 0.306 e. The van der Waals surface area contributed by atoms with Gasteiger partial charge in [-0.1, -0.05) is 37.3 Å². The van der Waals surface area contributed by atoms with E-state index in [-0.39, 0.29) is 13.0 Å². The maximum absolute atomic E-state index is 12.4. The Hall–Kier alpha value is -2.41. The maximum atomic E-state index is 12.4. The molecule has 0 unspecified atom stereocenters. The Labute approximate surface area is 141 Å². The number of amides is 2. The van der Waals surface area contributed by atoms with Crippen LogP contribution in [0.5, 0.6) is 0 Å². The van der Waals surface area contributed by atoms with Crippen molar-refractivity contribution in [1.82, 2.24) is 5.32 Å². The molecule has 0 saturated carbocycles. The van der Waals surface area contributed by atoms with E-state index in [1.807, 2.05) is 6.07 Å². The Kier molecular flexibility index (Phi) is 7.91. The van der Waals surface area contributed by atoms with Gasteiger partial charge in [-0.25, -0.2) is 0 Å². The molecule has 0 saturated heterocycles. The second-order valence-electron chi connectivity index (χ2n) is 5.40. The standard InChI is InChI=1S/C17H24N2O5/c1-4-24-13(20)10-11(2)14(16(18)21)19-17(22)15(23-3)12-8-6-5-7-9-12/h5-9,11,14-15H,4,10H2,1-3H3,(H2,18,21)(H,19,22)/t11-,14-,15+/m1/s1. The molecule has 0 aromatic heterocycles. The summed E-state index contributed by atoms with van der Waals surface area (Å²) in [6.45, 7) is 3.59. The summed E-state index contributed by atoms with van der Waals surface area (Å²) in [6, 6.07) is 7.88. The van der Waals surface area contributed by atoms with Crippen LogP contribution in [0, 0.1) is 5.92 Å². The van der Waals surface area contributed by atoms with Crippen molar-refractivity contribution in [1.29, 1.82) is 0 Å². The van der Waals surface area contributed by atoms with Crippen molar-refractivity contribution in [2.45, 2.75) is 32.4 Å². The molecule has 0 aliphatic carbocycles. The lowest BCUT2D eigenvalue weighted by Crippen LogP contribution is -2.50. The third kappa shape index (κ3) is 5.66. The van der Waals surface area contributed by atoms with Gasteiger partial charge in [-0.2, -0.15) is 0 Å². The highest BCUT2D eigenvalue weighted by molar-refractivity contribution is 5.89. The molecule has 1 rings (SSSR count). The third-order valence-electron chi connectivity index (χ3n) is 3.54. The van der Waals surface area contributed by atoms with Crippen LogP contribution < -0.4 is 11.1 Å². The van der Waals surface area contributed by atoms with Gasteiger partial charge in [0.1, 0.15) is 6.04 Å². The first kappa shape index (κ1) is 19.6. The average molecular weight is 336 g/mol. The monoisotopic (exact) mass is 336 g/mol. The van der Waals surface area contributed by atoms with Crippen LogP contribution in [-0.4, -0.2) is 37.5 Å². The molecule has 0 aliphatic heterocycles. The van der Waals surface area contributed by atoms with Crippen LogP contribution in [-0.2, 0) is 23.9 Å². The average Bonchev–Trinajstić information content (AvgIpc) is 2.54. The molecule has 0 radical (unpaired) electrons. The number of hydrogen-bond donors (Lipinski definition) is 2. The van der Waals surface area contributed by atoms with Crippen molar-refractivity contribution >= 4 is 17.8 Å². The van der Waals surface area contributed by atoms with Crippen molar-refractivity contribution in [3.63, 3.8) is 0 Å². The first-order valence-electron chi connectivity index (χ1n) is 7.73. The van der Waals surface area contributed by atoms with Crippen molar-refractivity contribution in [3.05, 3.63) is 35.9 Å². The first-order chi connectivity index (χ1) is 11.4. The molecular weight excluding hydrogens is 312 g/mol. The summed E-state index contributed by atoms with van der Waals surface area (Å²) < 4.78 is 10.1. The van der Waals surface area contributed by atoms with Gasteiger partial charge in [0.25, 0.3) is 5.91 Å². The number of methoxy groups -OCH3 is 1. The van der Waals surface area contributed by atoms with Gasteiger partial charge in [0, 0.05) is 7.11 Å². The molecule has 3 N–H and O–H groups in total.